The number of rotatable bonds is 72. The van der Waals surface area contributed by atoms with Crippen LogP contribution >= 0.6 is 22.7 Å². The number of hydrogen-bond acceptors (Lipinski definition) is 32. The summed E-state index contributed by atoms with van der Waals surface area (Å²) < 4.78 is 55.6. The van der Waals surface area contributed by atoms with E-state index in [0.717, 1.165) is 122 Å². The second-order valence-corrected chi connectivity index (χ2v) is 32.2. The topological polar surface area (TPSA) is 421 Å². The Morgan fingerprint density at radius 3 is 0.977 bits per heavy atom. The maximum Gasteiger partial charge on any atom is 1.00 e. The number of allylic oxidation sites excluding steroid dienone is 4. The van der Waals surface area contributed by atoms with E-state index < -0.39 is 35.7 Å². The smallest absolute Gasteiger partial charge is 0.550 e. The molecular formula is C96H136N10Na2O22S2. The van der Waals surface area contributed by atoms with Crippen molar-refractivity contribution in [3.63, 3.8) is 0 Å². The second-order valence-electron chi connectivity index (χ2n) is 30.2. The van der Waals surface area contributed by atoms with Gasteiger partial charge in [0, 0.05) is 74.2 Å². The van der Waals surface area contributed by atoms with E-state index in [1.165, 1.54) is 77.0 Å². The van der Waals surface area contributed by atoms with Crippen molar-refractivity contribution in [2.45, 2.75) is 248 Å². The Kier molecular flexibility index (Phi) is 81.1. The second kappa shape index (κ2) is 85.3. The summed E-state index contributed by atoms with van der Waals surface area (Å²) in [4.78, 5) is 116. The van der Waals surface area contributed by atoms with Crippen molar-refractivity contribution in [2.75, 3.05) is 142 Å². The van der Waals surface area contributed by atoms with Gasteiger partial charge in [-0.3, -0.25) is 19.2 Å². The number of azo groups is 2. The molecule has 4 rings (SSSR count). The van der Waals surface area contributed by atoms with E-state index in [1.807, 2.05) is 61.2 Å². The Morgan fingerprint density at radius 2 is 0.689 bits per heavy atom. The van der Waals surface area contributed by atoms with Crippen LogP contribution < -0.4 is 79.1 Å². The van der Waals surface area contributed by atoms with Crippen LogP contribution in [0.4, 0.5) is 42.8 Å². The van der Waals surface area contributed by atoms with E-state index >= 15 is 0 Å². The maximum atomic E-state index is 12.4. The molecule has 2 atom stereocenters. The van der Waals surface area contributed by atoms with Crippen molar-refractivity contribution in [3.8, 4) is 12.1 Å². The van der Waals surface area contributed by atoms with E-state index in [9.17, 15) is 49.5 Å². The number of anilines is 2. The third kappa shape index (κ3) is 61.3. The van der Waals surface area contributed by atoms with Crippen LogP contribution in [-0.2, 0) is 95.3 Å². The van der Waals surface area contributed by atoms with E-state index in [1.54, 1.807) is 32.1 Å². The minimum Gasteiger partial charge on any atom is -0.550 e. The largest absolute Gasteiger partial charge is 1.00 e. The molecule has 716 valence electrons. The fourth-order valence-electron chi connectivity index (χ4n) is 12.6. The average molecular weight is 1890 g/mol. The van der Waals surface area contributed by atoms with Gasteiger partial charge in [0.15, 0.2) is 0 Å². The number of aryl methyl sites for hydroxylation is 2. The number of carbonyl (C=O) groups is 6. The molecule has 36 heteroatoms. The molecule has 2 unspecified atom stereocenters. The van der Waals surface area contributed by atoms with Gasteiger partial charge in [-0.1, -0.05) is 168 Å². The number of hydrogen-bond donors (Lipinski definition) is 0. The summed E-state index contributed by atoms with van der Waals surface area (Å²) in [6.07, 6.45) is 35.8. The summed E-state index contributed by atoms with van der Waals surface area (Å²) in [7, 11) is 0. The number of benzene rings is 2. The van der Waals surface area contributed by atoms with Gasteiger partial charge in [0.25, 0.3) is 0 Å². The van der Waals surface area contributed by atoms with Gasteiger partial charge in [0.05, 0.1) is 128 Å². The molecule has 32 nitrogen and oxygen atoms in total. The van der Waals surface area contributed by atoms with Gasteiger partial charge in [-0.25, -0.2) is 9.69 Å². The Morgan fingerprint density at radius 1 is 0.409 bits per heavy atom. The fourth-order valence-corrected chi connectivity index (χ4v) is 14.3. The van der Waals surface area contributed by atoms with E-state index in [0.29, 0.717) is 139 Å². The molecule has 0 saturated heterocycles. The first-order valence-electron chi connectivity index (χ1n) is 45.3. The SMILES string of the molecule is O=C=O.O=C=O.[C-]#[N+]c1sc(N=Nc2ccc(N(CCOCCOCCOC(=O)CC(C/C=C/CCCCC)C(=O)[O-])CCOCCOC(=O)CC(C/C=C/CCCCC)C(=O)[O-])cc2C)c(C#N)c1C.[C-]#[N+]c1sc(N=Nc2ccc(N(CCOCCOCCOC(=O)CCCCCCCCCC)CCOCCOC(=O)CCCCCCCCCC)cc2C)c(C#N)c1C.[Na+].[Na+]. The zero-order valence-electron chi connectivity index (χ0n) is 79.6. The Balaban J connectivity index is 0. The molecule has 4 aromatic rings. The Hall–Kier alpha value is -8.58. The molecule has 0 aliphatic rings. The zero-order chi connectivity index (χ0) is 95.8. The number of thiophene rings is 2. The molecule has 2 aromatic carbocycles. The molecule has 0 bridgehead atoms. The number of unbranched alkanes of at least 4 members (excludes halogenated alkanes) is 20. The number of ether oxygens (including phenoxy) is 10. The molecule has 0 aliphatic carbocycles. The number of esters is 4. The maximum absolute atomic E-state index is 12.4. The average Bonchev–Trinajstić information content (AvgIpc) is 1.65. The van der Waals surface area contributed by atoms with Crippen LogP contribution in [0.15, 0.2) is 81.2 Å². The first-order valence-corrected chi connectivity index (χ1v) is 46.9. The number of carboxylic acids is 2. The molecule has 2 aromatic heterocycles. The van der Waals surface area contributed by atoms with Crippen LogP contribution in [0.2, 0.25) is 0 Å². The van der Waals surface area contributed by atoms with Crippen LogP contribution in [0.5, 0.6) is 0 Å². The minimum atomic E-state index is -1.29. The van der Waals surface area contributed by atoms with Crippen molar-refractivity contribution in [1.29, 1.82) is 10.5 Å². The third-order valence-corrected chi connectivity index (χ3v) is 22.2. The van der Waals surface area contributed by atoms with Gasteiger partial charge in [0.1, 0.15) is 48.6 Å². The van der Waals surface area contributed by atoms with E-state index in [2.05, 4.69) is 74.9 Å². The first kappa shape index (κ1) is 125. The number of carboxylic acid groups (broad SMARTS) is 2. The van der Waals surface area contributed by atoms with Gasteiger partial charge in [-0.2, -0.15) is 29.7 Å². The molecule has 0 fully saturated rings. The monoisotopic (exact) mass is 1890 g/mol. The molecule has 0 aliphatic heterocycles. The predicted octanol–water partition coefficient (Wildman–Crippen LogP) is 12.8. The standard InChI is InChI=1S/C48H67N5O11S.C46H71N5O7S.2CO2.2Na/c1-6-8-10-12-14-16-18-38(47(56)57)33-43(54)63-30-28-61-25-23-53(40-20-21-42(36(3)32-40)51-52-46-41(35-49)37(4)45(50-5)65-46)22-24-60-26-27-62-29-31-64-44(55)34-39(48(58)59)19-17-15-13-11-9-7-2;1-6-8-10-12-14-16-18-20-22-43(52)57-34-32-55-29-27-51(26-28-54-30-31-56-33-35-58-44(53)23-21-19-17-15-13-11-9-7-2)40-24-25-42(38(3)36-40)49-50-46-41(37-47)39(4)45(48-5)59-46;2*2-1-3;;/h14-17,20-21,32,38-39H,6-13,18-19,22-31,33-34H2,1-4H3,(H,56,57)(H,58,59);24-25,36H,6-23,26-35H2,1-4H3;;;;/q;;;;2*+1/p-2/b16-14+,17-15+,52-51?;;;;;. The predicted molar refractivity (Wildman–Crippen MR) is 490 cm³/mol. The van der Waals surface area contributed by atoms with Crippen LogP contribution in [0, 0.1) is 75.3 Å². The van der Waals surface area contributed by atoms with Crippen molar-refractivity contribution in [1.82, 2.24) is 0 Å². The number of carbonyl (C=O) groups excluding carboxylic acids is 10. The van der Waals surface area contributed by atoms with Gasteiger partial charge in [-0.05, 0) is 138 Å². The van der Waals surface area contributed by atoms with Crippen LogP contribution in [-0.4, -0.2) is 180 Å². The summed E-state index contributed by atoms with van der Waals surface area (Å²) in [5, 5.41) is 61.3. The minimum absolute atomic E-state index is 0. The van der Waals surface area contributed by atoms with Crippen molar-refractivity contribution < 1.29 is 165 Å². The molecule has 0 N–H and O–H groups in total. The van der Waals surface area contributed by atoms with Crippen LogP contribution in [0.3, 0.4) is 0 Å². The van der Waals surface area contributed by atoms with Gasteiger partial charge in [0.2, 0.25) is 10.0 Å². The normalized spacial score (nSPS) is 11.2. The Bertz CT molecular complexity index is 4220. The summed E-state index contributed by atoms with van der Waals surface area (Å²) in [5.41, 5.74) is 6.65. The Labute approximate surface area is 833 Å². The molecule has 0 amide bonds. The molecule has 0 saturated carbocycles. The van der Waals surface area contributed by atoms with E-state index in [-0.39, 0.29) is 169 Å². The van der Waals surface area contributed by atoms with Gasteiger partial charge < -0.3 is 77.0 Å². The molecule has 2 heterocycles. The van der Waals surface area contributed by atoms with Gasteiger partial charge in [-0.15, -0.1) is 43.1 Å². The van der Waals surface area contributed by atoms with Crippen molar-refractivity contribution >= 4 is 114 Å². The first-order chi connectivity index (χ1) is 63.1. The summed E-state index contributed by atoms with van der Waals surface area (Å²) in [5.74, 6) is -6.11. The van der Waals surface area contributed by atoms with Crippen LogP contribution in [0.25, 0.3) is 9.69 Å². The number of nitriles is 2. The van der Waals surface area contributed by atoms with Crippen LogP contribution in [0.1, 0.15) is 254 Å². The third-order valence-electron chi connectivity index (χ3n) is 20.0. The van der Waals surface area contributed by atoms with Crippen molar-refractivity contribution in [2.24, 2.45) is 32.3 Å². The number of aliphatic carboxylic acids is 2. The zero-order valence-corrected chi connectivity index (χ0v) is 85.2. The molecular weight excluding hydrogens is 1760 g/mol. The van der Waals surface area contributed by atoms with Gasteiger partial charge >= 0.3 is 95.3 Å². The van der Waals surface area contributed by atoms with Crippen molar-refractivity contribution in [3.05, 3.63) is 117 Å². The summed E-state index contributed by atoms with van der Waals surface area (Å²) >= 11 is 2.28. The summed E-state index contributed by atoms with van der Waals surface area (Å²) in [6.45, 7) is 36.8. The molecule has 0 radical (unpaired) electrons. The van der Waals surface area contributed by atoms with E-state index in [4.69, 9.17) is 79.7 Å². The molecule has 0 spiro atoms. The number of nitrogens with zero attached hydrogens (tertiary/aromatic N) is 10. The summed E-state index contributed by atoms with van der Waals surface area (Å²) in [6, 6.07) is 15.7. The fraction of sp³-hybridized carbons (Fsp3) is 0.625. The molecule has 132 heavy (non-hydrogen) atoms. The quantitative estimate of drug-likeness (QED) is 0.00753.